The van der Waals surface area contributed by atoms with Crippen LogP contribution in [0.2, 0.25) is 0 Å². The number of aromatic nitrogens is 3. The minimum atomic E-state index is -4.67. The summed E-state index contributed by atoms with van der Waals surface area (Å²) < 4.78 is 41.3. The first kappa shape index (κ1) is 23.5. The number of carbonyl (C=O) groups excluding carboxylic acids is 1. The molecule has 4 heterocycles. The van der Waals surface area contributed by atoms with E-state index in [-0.39, 0.29) is 5.78 Å². The van der Waals surface area contributed by atoms with Gasteiger partial charge in [0.1, 0.15) is 5.69 Å². The number of imidazole rings is 2. The highest BCUT2D eigenvalue weighted by molar-refractivity contribution is 7.79. The van der Waals surface area contributed by atoms with Gasteiger partial charge in [0, 0.05) is 26.2 Å². The number of thiophene rings is 1. The minimum absolute atomic E-state index is 0.0380. The molecule has 1 aromatic carbocycles. The third kappa shape index (κ3) is 5.32. The Morgan fingerprint density at radius 1 is 1.09 bits per heavy atom. The number of para-hydroxylation sites is 2. The predicted molar refractivity (Wildman–Crippen MR) is 125 cm³/mol. The van der Waals surface area contributed by atoms with Crippen molar-refractivity contribution in [3.63, 3.8) is 0 Å². The van der Waals surface area contributed by atoms with Crippen molar-refractivity contribution in [2.75, 3.05) is 32.8 Å². The molecule has 1 aliphatic heterocycles. The second kappa shape index (κ2) is 9.71. The van der Waals surface area contributed by atoms with Crippen LogP contribution >= 0.6 is 11.3 Å². The highest BCUT2D eigenvalue weighted by Crippen LogP contribution is 2.27. The quantitative estimate of drug-likeness (QED) is 0.322. The number of aryl methyl sites for hydroxylation is 1. The van der Waals surface area contributed by atoms with Crippen LogP contribution in [0.25, 0.3) is 16.8 Å². The zero-order valence-electron chi connectivity index (χ0n) is 17.9. The Balaban J connectivity index is 0.000000471. The summed E-state index contributed by atoms with van der Waals surface area (Å²) in [6.07, 6.45) is 0. The normalized spacial score (nSPS) is 15.0. The standard InChI is InChI=1S/C21H22N4O2S.H2O4S/c1-15-19(20(26)18-7-4-14-28-18)25-17-6-3-2-5-16(17)24(21(25)22-15)9-8-23-10-12-27-13-11-23;1-5(2,3)4/h2-7,14H,8-13H2,1H3;(H2,1,2,3,4). The maximum Gasteiger partial charge on any atom is 0.394 e. The van der Waals surface area contributed by atoms with Crippen LogP contribution in [0.15, 0.2) is 41.8 Å². The molecule has 0 saturated carbocycles. The van der Waals surface area contributed by atoms with E-state index in [1.165, 1.54) is 11.3 Å². The Labute approximate surface area is 194 Å². The average Bonchev–Trinajstić information content (AvgIpc) is 3.47. The first-order chi connectivity index (χ1) is 15.7. The van der Waals surface area contributed by atoms with Gasteiger partial charge in [-0.1, -0.05) is 18.2 Å². The fourth-order valence-electron chi connectivity index (χ4n) is 3.99. The molecule has 4 aromatic rings. The van der Waals surface area contributed by atoms with Gasteiger partial charge in [0.2, 0.25) is 11.6 Å². The van der Waals surface area contributed by atoms with Gasteiger partial charge in [0.15, 0.2) is 0 Å². The van der Waals surface area contributed by atoms with E-state index in [0.717, 1.165) is 66.8 Å². The van der Waals surface area contributed by atoms with E-state index in [4.69, 9.17) is 27.2 Å². The predicted octanol–water partition coefficient (Wildman–Crippen LogP) is 2.57. The molecule has 1 saturated heterocycles. The van der Waals surface area contributed by atoms with Gasteiger partial charge in [-0.05, 0) is 30.5 Å². The third-order valence-corrected chi connectivity index (χ3v) is 6.26. The summed E-state index contributed by atoms with van der Waals surface area (Å²) in [5, 5.41) is 1.94. The topological polar surface area (TPSA) is 126 Å². The van der Waals surface area contributed by atoms with E-state index < -0.39 is 10.4 Å². The fourth-order valence-corrected chi connectivity index (χ4v) is 4.65. The van der Waals surface area contributed by atoms with Gasteiger partial charge in [0.25, 0.3) is 0 Å². The molecular formula is C21H24N4O6S2. The van der Waals surface area contributed by atoms with Crippen molar-refractivity contribution >= 4 is 44.3 Å². The molecule has 1 aliphatic rings. The van der Waals surface area contributed by atoms with Crippen molar-refractivity contribution < 1.29 is 27.1 Å². The number of carbonyl (C=O) groups is 1. The van der Waals surface area contributed by atoms with Crippen LogP contribution in [0, 0.1) is 6.92 Å². The lowest BCUT2D eigenvalue weighted by Crippen LogP contribution is -2.38. The molecule has 0 amide bonds. The third-order valence-electron chi connectivity index (χ3n) is 5.39. The lowest BCUT2D eigenvalue weighted by Gasteiger charge is -2.26. The largest absolute Gasteiger partial charge is 0.394 e. The molecule has 0 aliphatic carbocycles. The molecule has 0 bridgehead atoms. The number of nitrogens with zero attached hydrogens (tertiary/aromatic N) is 4. The van der Waals surface area contributed by atoms with E-state index >= 15 is 0 Å². The molecule has 0 spiro atoms. The van der Waals surface area contributed by atoms with Crippen molar-refractivity contribution in [3.8, 4) is 0 Å². The Bertz CT molecular complexity index is 1360. The number of ketones is 1. The second-order valence-corrected chi connectivity index (χ2v) is 9.37. The number of hydrogen-bond acceptors (Lipinski definition) is 7. The minimum Gasteiger partial charge on any atom is -0.379 e. The molecule has 12 heteroatoms. The van der Waals surface area contributed by atoms with Crippen molar-refractivity contribution in [1.29, 1.82) is 0 Å². The van der Waals surface area contributed by atoms with Crippen LogP contribution < -0.4 is 0 Å². The monoisotopic (exact) mass is 492 g/mol. The molecule has 5 rings (SSSR count). The zero-order valence-corrected chi connectivity index (χ0v) is 19.5. The van der Waals surface area contributed by atoms with Crippen molar-refractivity contribution in [2.24, 2.45) is 0 Å². The number of morpholine rings is 1. The summed E-state index contributed by atoms with van der Waals surface area (Å²) in [5.41, 5.74) is 3.58. The van der Waals surface area contributed by atoms with Gasteiger partial charge in [-0.2, -0.15) is 8.42 Å². The van der Waals surface area contributed by atoms with E-state index in [1.807, 2.05) is 41.0 Å². The summed E-state index contributed by atoms with van der Waals surface area (Å²) in [5.74, 6) is 0.878. The summed E-state index contributed by atoms with van der Waals surface area (Å²) in [6.45, 7) is 7.22. The van der Waals surface area contributed by atoms with Gasteiger partial charge in [-0.3, -0.25) is 23.2 Å². The summed E-state index contributed by atoms with van der Waals surface area (Å²) in [4.78, 5) is 21.2. The Kier molecular flexibility index (Phi) is 6.93. The first-order valence-corrected chi connectivity index (χ1v) is 12.6. The van der Waals surface area contributed by atoms with Crippen molar-refractivity contribution in [1.82, 2.24) is 18.9 Å². The maximum absolute atomic E-state index is 13.2. The van der Waals surface area contributed by atoms with Gasteiger partial charge >= 0.3 is 10.4 Å². The van der Waals surface area contributed by atoms with E-state index in [1.54, 1.807) is 0 Å². The number of ether oxygens (including phenoxy) is 1. The Hall–Kier alpha value is -2.61. The molecule has 33 heavy (non-hydrogen) atoms. The van der Waals surface area contributed by atoms with Gasteiger partial charge in [0.05, 0.1) is 34.8 Å². The average molecular weight is 493 g/mol. The lowest BCUT2D eigenvalue weighted by atomic mass is 10.2. The second-order valence-electron chi connectivity index (χ2n) is 7.53. The van der Waals surface area contributed by atoms with Crippen LogP contribution in [0.3, 0.4) is 0 Å². The van der Waals surface area contributed by atoms with Crippen LogP contribution in [-0.2, 0) is 21.7 Å². The first-order valence-electron chi connectivity index (χ1n) is 10.3. The lowest BCUT2D eigenvalue weighted by molar-refractivity contribution is 0.0366. The molecule has 0 atom stereocenters. The molecule has 176 valence electrons. The number of hydrogen-bond donors (Lipinski definition) is 2. The van der Waals surface area contributed by atoms with Gasteiger partial charge < -0.3 is 9.30 Å². The summed E-state index contributed by atoms with van der Waals surface area (Å²) in [7, 11) is -4.67. The molecule has 3 aromatic heterocycles. The fraction of sp³-hybridized carbons (Fsp3) is 0.333. The zero-order chi connectivity index (χ0) is 23.6. The Morgan fingerprint density at radius 2 is 1.76 bits per heavy atom. The van der Waals surface area contributed by atoms with Gasteiger partial charge in [-0.15, -0.1) is 11.3 Å². The molecule has 0 radical (unpaired) electrons. The van der Waals surface area contributed by atoms with Crippen molar-refractivity contribution in [3.05, 3.63) is 58.0 Å². The SMILES string of the molecule is Cc1nc2n(CCN3CCOCC3)c3ccccc3n2c1C(=O)c1cccs1.O=S(=O)(O)O. The molecule has 1 fully saturated rings. The van der Waals surface area contributed by atoms with Crippen LogP contribution in [-0.4, -0.2) is 75.0 Å². The highest BCUT2D eigenvalue weighted by atomic mass is 32.3. The number of rotatable bonds is 5. The summed E-state index contributed by atoms with van der Waals surface area (Å²) in [6, 6.07) is 12.0. The van der Waals surface area contributed by atoms with Crippen molar-refractivity contribution in [2.45, 2.75) is 13.5 Å². The highest BCUT2D eigenvalue weighted by Gasteiger charge is 2.24. The molecule has 10 nitrogen and oxygen atoms in total. The van der Waals surface area contributed by atoms with E-state index in [2.05, 4.69) is 21.6 Å². The van der Waals surface area contributed by atoms with Crippen LogP contribution in [0.4, 0.5) is 0 Å². The molecule has 0 unspecified atom stereocenters. The van der Waals surface area contributed by atoms with Crippen LogP contribution in [0.1, 0.15) is 21.1 Å². The van der Waals surface area contributed by atoms with Crippen LogP contribution in [0.5, 0.6) is 0 Å². The molecular weight excluding hydrogens is 468 g/mol. The number of fused-ring (bicyclic) bond motifs is 3. The Morgan fingerprint density at radius 3 is 2.39 bits per heavy atom. The smallest absolute Gasteiger partial charge is 0.379 e. The summed E-state index contributed by atoms with van der Waals surface area (Å²) >= 11 is 1.47. The maximum atomic E-state index is 13.2. The molecule has 2 N–H and O–H groups in total. The number of benzene rings is 1. The van der Waals surface area contributed by atoms with E-state index in [9.17, 15) is 4.79 Å². The van der Waals surface area contributed by atoms with E-state index in [0.29, 0.717) is 5.69 Å². The van der Waals surface area contributed by atoms with Gasteiger partial charge in [-0.25, -0.2) is 4.98 Å².